The molecule has 0 aliphatic carbocycles. The van der Waals surface area contributed by atoms with Crippen LogP contribution in [0.5, 0.6) is 0 Å². The lowest BCUT2D eigenvalue weighted by Crippen LogP contribution is -2.41. The fourth-order valence-corrected chi connectivity index (χ4v) is 2.23. The zero-order chi connectivity index (χ0) is 15.7. The molecule has 1 fully saturated rings. The second-order valence-corrected chi connectivity index (χ2v) is 5.13. The topological polar surface area (TPSA) is 102 Å². The van der Waals surface area contributed by atoms with E-state index in [-0.39, 0.29) is 18.4 Å². The first-order valence-electron chi connectivity index (χ1n) is 7.15. The first-order chi connectivity index (χ1) is 9.97. The number of carbonyl (C=O) groups is 3. The van der Waals surface area contributed by atoms with Crippen LogP contribution in [-0.4, -0.2) is 85.0 Å². The summed E-state index contributed by atoms with van der Waals surface area (Å²) in [5.41, 5.74) is 0. The zero-order valence-electron chi connectivity index (χ0n) is 12.4. The van der Waals surface area contributed by atoms with Crippen LogP contribution in [0.1, 0.15) is 13.3 Å². The molecule has 120 valence electrons. The van der Waals surface area contributed by atoms with Crippen molar-refractivity contribution in [2.75, 3.05) is 52.4 Å². The summed E-state index contributed by atoms with van der Waals surface area (Å²) in [5, 5.41) is 14.1. The van der Waals surface area contributed by atoms with E-state index >= 15 is 0 Å². The number of nitrogens with zero attached hydrogens (tertiary/aromatic N) is 2. The van der Waals surface area contributed by atoms with Crippen molar-refractivity contribution in [2.24, 2.45) is 0 Å². The molecule has 1 aliphatic heterocycles. The van der Waals surface area contributed by atoms with Crippen molar-refractivity contribution in [2.45, 2.75) is 13.3 Å². The summed E-state index contributed by atoms with van der Waals surface area (Å²) in [5.74, 6) is -1.01. The van der Waals surface area contributed by atoms with Crippen molar-refractivity contribution in [3.8, 4) is 0 Å². The molecule has 0 radical (unpaired) electrons. The van der Waals surface area contributed by atoms with Crippen molar-refractivity contribution in [3.63, 3.8) is 0 Å². The molecule has 1 heterocycles. The Bertz CT molecular complexity index is 375. The summed E-state index contributed by atoms with van der Waals surface area (Å²) in [6, 6.07) is 0. The molecule has 0 unspecified atom stereocenters. The van der Waals surface area contributed by atoms with Crippen LogP contribution in [0.4, 0.5) is 0 Å². The smallest absolute Gasteiger partial charge is 0.317 e. The van der Waals surface area contributed by atoms with Crippen LogP contribution in [0.15, 0.2) is 0 Å². The van der Waals surface area contributed by atoms with Crippen molar-refractivity contribution < 1.29 is 19.5 Å². The molecule has 1 rings (SSSR count). The minimum atomic E-state index is -0.820. The molecular formula is C13H24N4O4. The summed E-state index contributed by atoms with van der Waals surface area (Å²) < 4.78 is 0. The molecule has 0 aromatic carbocycles. The first-order valence-corrected chi connectivity index (χ1v) is 7.15. The van der Waals surface area contributed by atoms with E-state index in [1.54, 1.807) is 0 Å². The standard InChI is InChI=1S/C13H24N4O4/c1-11(18)14-3-4-15-12(19)9-16-5-2-6-17(8-7-16)10-13(20)21/h2-10H2,1H3,(H,14,18)(H,15,19)(H,20,21). The lowest BCUT2D eigenvalue weighted by Gasteiger charge is -2.20. The van der Waals surface area contributed by atoms with Crippen LogP contribution in [0.3, 0.4) is 0 Å². The Morgan fingerprint density at radius 2 is 1.52 bits per heavy atom. The largest absolute Gasteiger partial charge is 0.480 e. The van der Waals surface area contributed by atoms with E-state index in [0.29, 0.717) is 32.7 Å². The van der Waals surface area contributed by atoms with Gasteiger partial charge in [-0.1, -0.05) is 0 Å². The van der Waals surface area contributed by atoms with Crippen LogP contribution < -0.4 is 10.6 Å². The number of hydrogen-bond donors (Lipinski definition) is 3. The van der Waals surface area contributed by atoms with Gasteiger partial charge >= 0.3 is 5.97 Å². The fraction of sp³-hybridized carbons (Fsp3) is 0.769. The molecule has 8 heteroatoms. The predicted molar refractivity (Wildman–Crippen MR) is 76.8 cm³/mol. The third-order valence-corrected chi connectivity index (χ3v) is 3.23. The summed E-state index contributed by atoms with van der Waals surface area (Å²) >= 11 is 0. The molecule has 1 aliphatic rings. The van der Waals surface area contributed by atoms with Crippen LogP contribution in [0, 0.1) is 0 Å². The highest BCUT2D eigenvalue weighted by atomic mass is 16.4. The molecule has 21 heavy (non-hydrogen) atoms. The number of rotatable bonds is 7. The number of amides is 2. The minimum absolute atomic E-state index is 0.0523. The van der Waals surface area contributed by atoms with Gasteiger partial charge in [-0.05, 0) is 13.0 Å². The van der Waals surface area contributed by atoms with Gasteiger partial charge in [0, 0.05) is 39.6 Å². The zero-order valence-corrected chi connectivity index (χ0v) is 12.4. The van der Waals surface area contributed by atoms with Gasteiger partial charge in [0.15, 0.2) is 0 Å². The molecule has 0 saturated carbocycles. The van der Waals surface area contributed by atoms with Crippen LogP contribution in [0.2, 0.25) is 0 Å². The number of nitrogens with one attached hydrogen (secondary N) is 2. The highest BCUT2D eigenvalue weighted by Crippen LogP contribution is 2.02. The second kappa shape index (κ2) is 9.30. The van der Waals surface area contributed by atoms with E-state index < -0.39 is 5.97 Å². The summed E-state index contributed by atoms with van der Waals surface area (Å²) in [7, 11) is 0. The van der Waals surface area contributed by atoms with E-state index in [9.17, 15) is 14.4 Å². The number of carbonyl (C=O) groups excluding carboxylic acids is 2. The van der Waals surface area contributed by atoms with E-state index in [1.807, 2.05) is 9.80 Å². The van der Waals surface area contributed by atoms with E-state index in [4.69, 9.17) is 5.11 Å². The molecule has 2 amide bonds. The first kappa shape index (κ1) is 17.4. The molecular weight excluding hydrogens is 276 g/mol. The third-order valence-electron chi connectivity index (χ3n) is 3.23. The maximum absolute atomic E-state index is 11.8. The van der Waals surface area contributed by atoms with Crippen molar-refractivity contribution in [1.82, 2.24) is 20.4 Å². The Morgan fingerprint density at radius 3 is 2.10 bits per heavy atom. The van der Waals surface area contributed by atoms with Gasteiger partial charge < -0.3 is 15.7 Å². The Kier molecular flexibility index (Phi) is 7.70. The number of aliphatic carboxylic acids is 1. The number of hydrogen-bond acceptors (Lipinski definition) is 5. The Hall–Kier alpha value is -1.67. The van der Waals surface area contributed by atoms with Gasteiger partial charge in [-0.15, -0.1) is 0 Å². The Balaban J connectivity index is 2.20. The highest BCUT2D eigenvalue weighted by molar-refractivity contribution is 5.78. The average molecular weight is 300 g/mol. The molecule has 3 N–H and O–H groups in total. The SMILES string of the molecule is CC(=O)NCCNC(=O)CN1CCCN(CC(=O)O)CC1. The van der Waals surface area contributed by atoms with Gasteiger partial charge in [-0.2, -0.15) is 0 Å². The van der Waals surface area contributed by atoms with Crippen LogP contribution >= 0.6 is 0 Å². The molecule has 8 nitrogen and oxygen atoms in total. The summed E-state index contributed by atoms with van der Waals surface area (Å²) in [6.45, 7) is 5.50. The van der Waals surface area contributed by atoms with Crippen LogP contribution in [0.25, 0.3) is 0 Å². The summed E-state index contributed by atoms with van der Waals surface area (Å²) in [6.07, 6.45) is 0.854. The quantitative estimate of drug-likeness (QED) is 0.486. The fourth-order valence-electron chi connectivity index (χ4n) is 2.23. The summed E-state index contributed by atoms with van der Waals surface area (Å²) in [4.78, 5) is 37.0. The van der Waals surface area contributed by atoms with E-state index in [0.717, 1.165) is 19.5 Å². The molecule has 0 bridgehead atoms. The van der Waals surface area contributed by atoms with Gasteiger partial charge in [0.1, 0.15) is 0 Å². The normalized spacial score (nSPS) is 17.0. The second-order valence-electron chi connectivity index (χ2n) is 5.13. The molecule has 0 aromatic heterocycles. The van der Waals surface area contributed by atoms with Crippen molar-refractivity contribution in [3.05, 3.63) is 0 Å². The van der Waals surface area contributed by atoms with Gasteiger partial charge in [0.2, 0.25) is 11.8 Å². The minimum Gasteiger partial charge on any atom is -0.480 e. The molecule has 0 aromatic rings. The number of carboxylic acids is 1. The molecule has 0 atom stereocenters. The lowest BCUT2D eigenvalue weighted by atomic mass is 10.3. The maximum atomic E-state index is 11.8. The average Bonchev–Trinajstić information content (AvgIpc) is 2.59. The maximum Gasteiger partial charge on any atom is 0.317 e. The van der Waals surface area contributed by atoms with Gasteiger partial charge in [-0.25, -0.2) is 0 Å². The van der Waals surface area contributed by atoms with Gasteiger partial charge in [-0.3, -0.25) is 24.2 Å². The number of carboxylic acid groups (broad SMARTS) is 1. The third kappa shape index (κ3) is 8.26. The predicted octanol–water partition coefficient (Wildman–Crippen LogP) is -1.67. The van der Waals surface area contributed by atoms with Crippen molar-refractivity contribution in [1.29, 1.82) is 0 Å². The lowest BCUT2D eigenvalue weighted by molar-refractivity contribution is -0.138. The van der Waals surface area contributed by atoms with Crippen LogP contribution in [-0.2, 0) is 14.4 Å². The highest BCUT2D eigenvalue weighted by Gasteiger charge is 2.18. The van der Waals surface area contributed by atoms with Gasteiger partial charge in [0.05, 0.1) is 13.1 Å². The van der Waals surface area contributed by atoms with Gasteiger partial charge in [0.25, 0.3) is 0 Å². The van der Waals surface area contributed by atoms with E-state index in [1.165, 1.54) is 6.92 Å². The monoisotopic (exact) mass is 300 g/mol. The Morgan fingerprint density at radius 1 is 0.952 bits per heavy atom. The Labute approximate surface area is 124 Å². The molecule has 1 saturated heterocycles. The molecule has 0 spiro atoms. The van der Waals surface area contributed by atoms with Crippen molar-refractivity contribution >= 4 is 17.8 Å². The van der Waals surface area contributed by atoms with E-state index in [2.05, 4.69) is 10.6 Å².